The van der Waals surface area contributed by atoms with Crippen LogP contribution in [0.2, 0.25) is 0 Å². The van der Waals surface area contributed by atoms with Crippen molar-refractivity contribution in [2.24, 2.45) is 0 Å². The van der Waals surface area contributed by atoms with Crippen molar-refractivity contribution in [3.63, 3.8) is 0 Å². The summed E-state index contributed by atoms with van der Waals surface area (Å²) in [6.07, 6.45) is 0.681. The van der Waals surface area contributed by atoms with Crippen LogP contribution in [0.25, 0.3) is 0 Å². The Morgan fingerprint density at radius 2 is 1.79 bits per heavy atom. The van der Waals surface area contributed by atoms with Gasteiger partial charge >= 0.3 is 0 Å². The Hall–Kier alpha value is -2.80. The van der Waals surface area contributed by atoms with E-state index in [1.807, 2.05) is 56.3 Å². The van der Waals surface area contributed by atoms with Crippen LogP contribution in [0.15, 0.2) is 47.6 Å². The van der Waals surface area contributed by atoms with Crippen molar-refractivity contribution in [2.75, 3.05) is 18.2 Å². The molecule has 6 nitrogen and oxygen atoms in total. The summed E-state index contributed by atoms with van der Waals surface area (Å²) in [5.74, 6) is 1.95. The lowest BCUT2D eigenvalue weighted by atomic mass is 10.1. The number of hydrogen-bond acceptors (Lipinski definition) is 5. The summed E-state index contributed by atoms with van der Waals surface area (Å²) in [4.78, 5) is 12.4. The van der Waals surface area contributed by atoms with Gasteiger partial charge in [-0.15, -0.1) is 10.2 Å². The number of methoxy groups -OCH3 is 1. The van der Waals surface area contributed by atoms with Gasteiger partial charge in [-0.25, -0.2) is 0 Å². The maximum Gasteiger partial charge on any atom is 0.234 e. The van der Waals surface area contributed by atoms with Crippen molar-refractivity contribution >= 4 is 23.4 Å². The number of hydrogen-bond donors (Lipinski definition) is 1. The molecular formula is C22H26N4O2S. The molecule has 1 aromatic heterocycles. The van der Waals surface area contributed by atoms with Crippen molar-refractivity contribution in [3.8, 4) is 5.75 Å². The highest BCUT2D eigenvalue weighted by molar-refractivity contribution is 7.99. The molecule has 0 fully saturated rings. The Balaban J connectivity index is 1.64. The molecule has 0 aliphatic rings. The molecule has 0 aliphatic carbocycles. The Morgan fingerprint density at radius 3 is 2.41 bits per heavy atom. The molecule has 1 amide bonds. The largest absolute Gasteiger partial charge is 0.497 e. The minimum absolute atomic E-state index is 0.0465. The van der Waals surface area contributed by atoms with E-state index < -0.39 is 0 Å². The molecule has 0 bridgehead atoms. The van der Waals surface area contributed by atoms with Crippen molar-refractivity contribution in [1.82, 2.24) is 14.8 Å². The van der Waals surface area contributed by atoms with Crippen molar-refractivity contribution in [3.05, 3.63) is 65.0 Å². The minimum Gasteiger partial charge on any atom is -0.497 e. The fraction of sp³-hybridized carbons (Fsp3) is 0.318. The second kappa shape index (κ2) is 9.60. The summed E-state index contributed by atoms with van der Waals surface area (Å²) in [7, 11) is 1.66. The molecular weight excluding hydrogens is 384 g/mol. The maximum absolute atomic E-state index is 12.4. The van der Waals surface area contributed by atoms with Gasteiger partial charge in [0.25, 0.3) is 0 Å². The topological polar surface area (TPSA) is 69.0 Å². The fourth-order valence-corrected chi connectivity index (χ4v) is 3.94. The van der Waals surface area contributed by atoms with Crippen LogP contribution in [0, 0.1) is 13.8 Å². The number of nitrogens with one attached hydrogen (secondary N) is 1. The molecule has 0 unspecified atom stereocenters. The predicted molar refractivity (Wildman–Crippen MR) is 117 cm³/mol. The average molecular weight is 411 g/mol. The van der Waals surface area contributed by atoms with E-state index in [1.54, 1.807) is 7.11 Å². The molecule has 1 N–H and O–H groups in total. The third-order valence-corrected chi connectivity index (χ3v) is 5.68. The Kier molecular flexibility index (Phi) is 6.93. The van der Waals surface area contributed by atoms with E-state index in [9.17, 15) is 4.79 Å². The highest BCUT2D eigenvalue weighted by atomic mass is 32.2. The number of benzene rings is 2. The molecule has 2 aromatic carbocycles. The van der Waals surface area contributed by atoms with E-state index in [0.717, 1.165) is 45.7 Å². The number of carbonyl (C=O) groups excluding carboxylic acids is 1. The van der Waals surface area contributed by atoms with Crippen LogP contribution in [0.3, 0.4) is 0 Å². The van der Waals surface area contributed by atoms with Crippen molar-refractivity contribution in [1.29, 1.82) is 0 Å². The van der Waals surface area contributed by atoms with Gasteiger partial charge in [-0.2, -0.15) is 0 Å². The molecule has 0 saturated carbocycles. The highest BCUT2D eigenvalue weighted by Gasteiger charge is 2.14. The van der Waals surface area contributed by atoms with Crippen molar-refractivity contribution < 1.29 is 9.53 Å². The standard InChI is InChI=1S/C22H26N4O2S/c1-5-26-19(13-17-9-11-18(28-4)12-10-17)24-25-22(26)29-14-20(27)23-21-15(2)7-6-8-16(21)3/h6-12H,5,13-14H2,1-4H3,(H,23,27). The second-order valence-electron chi connectivity index (χ2n) is 6.77. The Morgan fingerprint density at radius 1 is 1.10 bits per heavy atom. The maximum atomic E-state index is 12.4. The number of para-hydroxylation sites is 1. The fourth-order valence-electron chi connectivity index (χ4n) is 3.12. The van der Waals surface area contributed by atoms with Gasteiger partial charge in [0, 0.05) is 18.7 Å². The van der Waals surface area contributed by atoms with Crippen LogP contribution in [-0.4, -0.2) is 33.5 Å². The first kappa shape index (κ1) is 20.9. The van der Waals surface area contributed by atoms with E-state index in [1.165, 1.54) is 11.8 Å². The molecule has 7 heteroatoms. The lowest BCUT2D eigenvalue weighted by Gasteiger charge is -2.11. The molecule has 0 saturated heterocycles. The van der Waals surface area contributed by atoms with Gasteiger partial charge in [-0.05, 0) is 49.6 Å². The first-order valence-electron chi connectivity index (χ1n) is 9.55. The smallest absolute Gasteiger partial charge is 0.234 e. The van der Waals surface area contributed by atoms with Crippen molar-refractivity contribution in [2.45, 2.75) is 38.9 Å². The van der Waals surface area contributed by atoms with Crippen LogP contribution >= 0.6 is 11.8 Å². The number of thioether (sulfide) groups is 1. The number of amides is 1. The number of carbonyl (C=O) groups is 1. The highest BCUT2D eigenvalue weighted by Crippen LogP contribution is 2.22. The number of nitrogens with zero attached hydrogens (tertiary/aromatic N) is 3. The molecule has 3 aromatic rings. The van der Waals surface area contributed by atoms with E-state index in [0.29, 0.717) is 6.42 Å². The van der Waals surface area contributed by atoms with E-state index in [2.05, 4.69) is 27.0 Å². The Labute approximate surface area is 175 Å². The zero-order chi connectivity index (χ0) is 20.8. The van der Waals surface area contributed by atoms with E-state index in [4.69, 9.17) is 4.74 Å². The number of aryl methyl sites for hydroxylation is 2. The molecule has 0 atom stereocenters. The lowest BCUT2D eigenvalue weighted by molar-refractivity contribution is -0.113. The van der Waals surface area contributed by atoms with Gasteiger partial charge < -0.3 is 14.6 Å². The molecule has 0 aliphatic heterocycles. The van der Waals surface area contributed by atoms with Crippen LogP contribution in [0.5, 0.6) is 5.75 Å². The summed E-state index contributed by atoms with van der Waals surface area (Å²) >= 11 is 1.41. The number of rotatable bonds is 8. The van der Waals surface area contributed by atoms with Crippen LogP contribution in [0.1, 0.15) is 29.4 Å². The first-order valence-corrected chi connectivity index (χ1v) is 10.5. The van der Waals surface area contributed by atoms with Gasteiger partial charge in [0.05, 0.1) is 12.9 Å². The Bertz CT molecular complexity index is 963. The zero-order valence-corrected chi connectivity index (χ0v) is 18.0. The SMILES string of the molecule is CCn1c(Cc2ccc(OC)cc2)nnc1SCC(=O)Nc1c(C)cccc1C. The van der Waals surface area contributed by atoms with Gasteiger partial charge in [0.2, 0.25) is 5.91 Å². The molecule has 1 heterocycles. The number of ether oxygens (including phenoxy) is 1. The summed E-state index contributed by atoms with van der Waals surface area (Å²) in [6.45, 7) is 6.80. The van der Waals surface area contributed by atoms with E-state index >= 15 is 0 Å². The first-order chi connectivity index (χ1) is 14.0. The number of aromatic nitrogens is 3. The van der Waals surface area contributed by atoms with Crippen LogP contribution in [-0.2, 0) is 17.8 Å². The van der Waals surface area contributed by atoms with Gasteiger partial charge in [0.1, 0.15) is 11.6 Å². The lowest BCUT2D eigenvalue weighted by Crippen LogP contribution is -2.16. The molecule has 152 valence electrons. The third kappa shape index (κ3) is 5.17. The van der Waals surface area contributed by atoms with Crippen LogP contribution in [0.4, 0.5) is 5.69 Å². The monoisotopic (exact) mass is 410 g/mol. The normalized spacial score (nSPS) is 10.8. The zero-order valence-electron chi connectivity index (χ0n) is 17.2. The summed E-state index contributed by atoms with van der Waals surface area (Å²) in [6, 6.07) is 13.9. The molecule has 3 rings (SSSR count). The van der Waals surface area contributed by atoms with Gasteiger partial charge in [-0.1, -0.05) is 42.1 Å². The average Bonchev–Trinajstić information content (AvgIpc) is 3.11. The second-order valence-corrected chi connectivity index (χ2v) is 7.71. The molecule has 29 heavy (non-hydrogen) atoms. The predicted octanol–water partition coefficient (Wildman–Crippen LogP) is 4.25. The number of anilines is 1. The van der Waals surface area contributed by atoms with Gasteiger partial charge in [-0.3, -0.25) is 4.79 Å². The molecule has 0 spiro atoms. The quantitative estimate of drug-likeness (QED) is 0.563. The summed E-state index contributed by atoms with van der Waals surface area (Å²) in [5.41, 5.74) is 4.14. The minimum atomic E-state index is -0.0465. The van der Waals surface area contributed by atoms with Gasteiger partial charge in [0.15, 0.2) is 5.16 Å². The summed E-state index contributed by atoms with van der Waals surface area (Å²) < 4.78 is 7.26. The van der Waals surface area contributed by atoms with Crippen LogP contribution < -0.4 is 10.1 Å². The third-order valence-electron chi connectivity index (χ3n) is 4.71. The van der Waals surface area contributed by atoms with E-state index in [-0.39, 0.29) is 11.7 Å². The summed E-state index contributed by atoms with van der Waals surface area (Å²) in [5, 5.41) is 12.4. The molecule has 0 radical (unpaired) electrons.